The van der Waals surface area contributed by atoms with Crippen LogP contribution in [-0.4, -0.2) is 19.6 Å². The molecule has 1 amide bonds. The van der Waals surface area contributed by atoms with Gasteiger partial charge in [-0.25, -0.2) is 0 Å². The second-order valence-corrected chi connectivity index (χ2v) is 6.15. The third kappa shape index (κ3) is 4.18. The summed E-state index contributed by atoms with van der Waals surface area (Å²) < 4.78 is 11.5. The zero-order valence-corrected chi connectivity index (χ0v) is 15.4. The number of carbonyl (C=O) groups is 1. The van der Waals surface area contributed by atoms with Gasteiger partial charge >= 0.3 is 0 Å². The Labute approximate surface area is 148 Å². The van der Waals surface area contributed by atoms with E-state index in [1.807, 2.05) is 26.0 Å². The quantitative estimate of drug-likeness (QED) is 0.791. The van der Waals surface area contributed by atoms with E-state index >= 15 is 0 Å². The summed E-state index contributed by atoms with van der Waals surface area (Å²) in [6.45, 7) is 3.67. The van der Waals surface area contributed by atoms with Crippen LogP contribution in [0.1, 0.15) is 11.1 Å². The Morgan fingerprint density at radius 1 is 1.26 bits per heavy atom. The van der Waals surface area contributed by atoms with Crippen LogP contribution in [0.5, 0.6) is 11.5 Å². The first kappa shape index (κ1) is 17.6. The summed E-state index contributed by atoms with van der Waals surface area (Å²) in [5, 5.41) is 3.44. The molecule has 0 saturated heterocycles. The molecule has 0 spiro atoms. The van der Waals surface area contributed by atoms with E-state index in [-0.39, 0.29) is 12.5 Å². The van der Waals surface area contributed by atoms with Gasteiger partial charge in [-0.3, -0.25) is 4.79 Å². The Hall–Kier alpha value is -1.72. The van der Waals surface area contributed by atoms with Gasteiger partial charge in [-0.15, -0.1) is 0 Å². The highest BCUT2D eigenvalue weighted by Gasteiger charge is 2.13. The van der Waals surface area contributed by atoms with E-state index in [4.69, 9.17) is 21.1 Å². The molecule has 0 unspecified atom stereocenters. The number of para-hydroxylation sites is 2. The van der Waals surface area contributed by atoms with Gasteiger partial charge in [0.2, 0.25) is 0 Å². The minimum absolute atomic E-state index is 0.114. The van der Waals surface area contributed by atoms with Gasteiger partial charge < -0.3 is 14.8 Å². The van der Waals surface area contributed by atoms with Gasteiger partial charge in [0.25, 0.3) is 5.91 Å². The van der Waals surface area contributed by atoms with Gasteiger partial charge in [0.15, 0.2) is 6.61 Å². The Kier molecular flexibility index (Phi) is 5.91. The van der Waals surface area contributed by atoms with Crippen LogP contribution in [-0.2, 0) is 4.79 Å². The fourth-order valence-corrected chi connectivity index (χ4v) is 2.77. The Morgan fingerprint density at radius 2 is 1.96 bits per heavy atom. The second kappa shape index (κ2) is 7.70. The molecule has 0 fully saturated rings. The zero-order valence-electron chi connectivity index (χ0n) is 13.1. The first-order valence-electron chi connectivity index (χ1n) is 6.95. The summed E-state index contributed by atoms with van der Waals surface area (Å²) in [6, 6.07) is 9.00. The van der Waals surface area contributed by atoms with Crippen LogP contribution in [0.2, 0.25) is 5.02 Å². The van der Waals surface area contributed by atoms with Crippen molar-refractivity contribution in [2.45, 2.75) is 13.8 Å². The van der Waals surface area contributed by atoms with E-state index in [0.717, 1.165) is 15.6 Å². The highest BCUT2D eigenvalue weighted by Crippen LogP contribution is 2.35. The standard InChI is InChI=1S/C17H17BrClNO3/c1-10-8-14(16(18)11(2)17(10)19)23-9-15(21)20-12-6-4-5-7-13(12)22-3/h4-8H,9H2,1-3H3,(H,20,21). The maximum absolute atomic E-state index is 12.1. The summed E-state index contributed by atoms with van der Waals surface area (Å²) in [4.78, 5) is 12.1. The molecular formula is C17H17BrClNO3. The van der Waals surface area contributed by atoms with Gasteiger partial charge in [-0.1, -0.05) is 23.7 Å². The van der Waals surface area contributed by atoms with Crippen molar-refractivity contribution >= 4 is 39.1 Å². The van der Waals surface area contributed by atoms with Crippen molar-refractivity contribution in [3.8, 4) is 11.5 Å². The van der Waals surface area contributed by atoms with E-state index in [1.54, 1.807) is 25.3 Å². The number of hydrogen-bond acceptors (Lipinski definition) is 3. The fraction of sp³-hybridized carbons (Fsp3) is 0.235. The molecule has 122 valence electrons. The number of anilines is 1. The average molecular weight is 399 g/mol. The average Bonchev–Trinajstić information content (AvgIpc) is 2.55. The van der Waals surface area contributed by atoms with Crippen molar-refractivity contribution in [2.75, 3.05) is 19.0 Å². The van der Waals surface area contributed by atoms with Crippen LogP contribution in [0.3, 0.4) is 0 Å². The molecule has 0 aliphatic carbocycles. The Balaban J connectivity index is 2.05. The number of hydrogen-bond donors (Lipinski definition) is 1. The highest BCUT2D eigenvalue weighted by molar-refractivity contribution is 9.10. The van der Waals surface area contributed by atoms with Crippen LogP contribution in [0, 0.1) is 13.8 Å². The number of ether oxygens (including phenoxy) is 2. The lowest BCUT2D eigenvalue weighted by molar-refractivity contribution is -0.118. The van der Waals surface area contributed by atoms with Crippen LogP contribution in [0.4, 0.5) is 5.69 Å². The van der Waals surface area contributed by atoms with Crippen molar-refractivity contribution < 1.29 is 14.3 Å². The number of methoxy groups -OCH3 is 1. The summed E-state index contributed by atoms with van der Waals surface area (Å²) in [5.74, 6) is 0.909. The summed E-state index contributed by atoms with van der Waals surface area (Å²) in [5.41, 5.74) is 2.38. The van der Waals surface area contributed by atoms with E-state index in [1.165, 1.54) is 0 Å². The number of carbonyl (C=O) groups excluding carboxylic acids is 1. The Morgan fingerprint density at radius 3 is 2.65 bits per heavy atom. The van der Waals surface area contributed by atoms with Crippen molar-refractivity contribution in [1.29, 1.82) is 0 Å². The molecule has 0 radical (unpaired) electrons. The monoisotopic (exact) mass is 397 g/mol. The molecule has 0 heterocycles. The first-order chi connectivity index (χ1) is 10.9. The van der Waals surface area contributed by atoms with Gasteiger partial charge in [-0.2, -0.15) is 0 Å². The van der Waals surface area contributed by atoms with Crippen LogP contribution in [0.15, 0.2) is 34.8 Å². The van der Waals surface area contributed by atoms with Gasteiger partial charge in [0.05, 0.1) is 17.3 Å². The molecule has 0 aliphatic rings. The molecule has 23 heavy (non-hydrogen) atoms. The lowest BCUT2D eigenvalue weighted by Crippen LogP contribution is -2.20. The smallest absolute Gasteiger partial charge is 0.262 e. The molecular weight excluding hydrogens is 382 g/mol. The van der Waals surface area contributed by atoms with Crippen LogP contribution < -0.4 is 14.8 Å². The van der Waals surface area contributed by atoms with E-state index < -0.39 is 0 Å². The third-order valence-electron chi connectivity index (χ3n) is 3.31. The molecule has 0 bridgehead atoms. The molecule has 2 rings (SSSR count). The zero-order chi connectivity index (χ0) is 17.0. The molecule has 0 atom stereocenters. The minimum atomic E-state index is -0.272. The number of halogens is 2. The van der Waals surface area contributed by atoms with Crippen molar-refractivity contribution in [3.05, 3.63) is 51.0 Å². The summed E-state index contributed by atoms with van der Waals surface area (Å²) in [6.07, 6.45) is 0. The molecule has 0 saturated carbocycles. The maximum atomic E-state index is 12.1. The predicted octanol–water partition coefficient (Wildman–Crippen LogP) is 4.75. The van der Waals surface area contributed by atoms with E-state index in [2.05, 4.69) is 21.2 Å². The van der Waals surface area contributed by atoms with E-state index in [9.17, 15) is 4.79 Å². The molecule has 4 nitrogen and oxygen atoms in total. The maximum Gasteiger partial charge on any atom is 0.262 e. The number of rotatable bonds is 5. The minimum Gasteiger partial charge on any atom is -0.495 e. The highest BCUT2D eigenvalue weighted by atomic mass is 79.9. The molecule has 0 aliphatic heterocycles. The normalized spacial score (nSPS) is 10.3. The fourth-order valence-electron chi connectivity index (χ4n) is 2.08. The third-order valence-corrected chi connectivity index (χ3v) is 4.88. The SMILES string of the molecule is COc1ccccc1NC(=O)COc1cc(C)c(Cl)c(C)c1Br. The molecule has 0 aromatic heterocycles. The van der Waals surface area contributed by atoms with Gasteiger partial charge in [-0.05, 0) is 59.1 Å². The number of nitrogens with one attached hydrogen (secondary N) is 1. The lowest BCUT2D eigenvalue weighted by atomic mass is 10.1. The second-order valence-electron chi connectivity index (χ2n) is 4.98. The number of amides is 1. The van der Waals surface area contributed by atoms with Crippen LogP contribution in [0.25, 0.3) is 0 Å². The Bertz CT molecular complexity index is 734. The van der Waals surface area contributed by atoms with Crippen molar-refractivity contribution in [1.82, 2.24) is 0 Å². The topological polar surface area (TPSA) is 47.6 Å². The summed E-state index contributed by atoms with van der Waals surface area (Å²) in [7, 11) is 1.55. The predicted molar refractivity (Wildman–Crippen MR) is 95.7 cm³/mol. The van der Waals surface area contributed by atoms with Crippen molar-refractivity contribution in [3.63, 3.8) is 0 Å². The first-order valence-corrected chi connectivity index (χ1v) is 8.12. The largest absolute Gasteiger partial charge is 0.495 e. The molecule has 2 aromatic carbocycles. The molecule has 6 heteroatoms. The van der Waals surface area contributed by atoms with Gasteiger partial charge in [0.1, 0.15) is 11.5 Å². The molecule has 1 N–H and O–H groups in total. The van der Waals surface area contributed by atoms with Crippen molar-refractivity contribution in [2.24, 2.45) is 0 Å². The van der Waals surface area contributed by atoms with E-state index in [0.29, 0.717) is 22.2 Å². The van der Waals surface area contributed by atoms with Crippen LogP contribution >= 0.6 is 27.5 Å². The lowest BCUT2D eigenvalue weighted by Gasteiger charge is -2.14. The van der Waals surface area contributed by atoms with Gasteiger partial charge in [0, 0.05) is 5.02 Å². The molecule has 2 aromatic rings. The number of aryl methyl sites for hydroxylation is 1. The summed E-state index contributed by atoms with van der Waals surface area (Å²) >= 11 is 9.62. The number of benzene rings is 2.